The number of hydrogen-bond donors (Lipinski definition) is 2. The Labute approximate surface area is 195 Å². The summed E-state index contributed by atoms with van der Waals surface area (Å²) in [6, 6.07) is 18.4. The molecule has 1 aromatic heterocycles. The number of aryl methyl sites for hydroxylation is 1. The lowest BCUT2D eigenvalue weighted by Crippen LogP contribution is -2.41. The molecule has 2 aromatic carbocycles. The Morgan fingerprint density at radius 3 is 2.47 bits per heavy atom. The zero-order chi connectivity index (χ0) is 20.5. The number of rotatable bonds is 8. The van der Waals surface area contributed by atoms with Crippen molar-refractivity contribution in [1.82, 2.24) is 20.4 Å². The van der Waals surface area contributed by atoms with Gasteiger partial charge >= 0.3 is 0 Å². The highest BCUT2D eigenvalue weighted by Crippen LogP contribution is 2.13. The van der Waals surface area contributed by atoms with E-state index in [1.54, 1.807) is 13.2 Å². The molecule has 0 fully saturated rings. The molecule has 6 nitrogen and oxygen atoms in total. The number of guanidine groups is 1. The second-order valence-corrected chi connectivity index (χ2v) is 7.02. The molecule has 0 radical (unpaired) electrons. The first-order valence-electron chi connectivity index (χ1n) is 9.86. The van der Waals surface area contributed by atoms with Crippen LogP contribution in [0.15, 0.2) is 72.0 Å². The highest BCUT2D eigenvalue weighted by Gasteiger charge is 2.07. The smallest absolute Gasteiger partial charge is 0.191 e. The summed E-state index contributed by atoms with van der Waals surface area (Å²) in [5.41, 5.74) is 3.67. The Bertz CT molecular complexity index is 910. The van der Waals surface area contributed by atoms with Gasteiger partial charge < -0.3 is 15.4 Å². The molecule has 1 atom stereocenters. The molecule has 3 rings (SSSR count). The number of hydrogen-bond acceptors (Lipinski definition) is 3. The van der Waals surface area contributed by atoms with Gasteiger partial charge in [-0.3, -0.25) is 9.67 Å². The van der Waals surface area contributed by atoms with Gasteiger partial charge in [0.05, 0.1) is 13.1 Å². The van der Waals surface area contributed by atoms with Crippen molar-refractivity contribution in [3.63, 3.8) is 0 Å². The van der Waals surface area contributed by atoms with E-state index in [0.717, 1.165) is 18.3 Å². The van der Waals surface area contributed by atoms with Crippen molar-refractivity contribution in [3.8, 4) is 5.75 Å². The van der Waals surface area contributed by atoms with Gasteiger partial charge in [0.15, 0.2) is 5.96 Å². The zero-order valence-electron chi connectivity index (χ0n) is 17.7. The number of nitrogens with zero attached hydrogens (tertiary/aromatic N) is 3. The van der Waals surface area contributed by atoms with E-state index in [4.69, 9.17) is 4.74 Å². The van der Waals surface area contributed by atoms with Crippen molar-refractivity contribution in [2.75, 3.05) is 13.6 Å². The standard InChI is InChI=1S/C23H29N5O.HI/c1-18-9-11-22(12-10-18)29-19(2)15-25-23(24-3)26-16-20-7-4-5-8-21(20)17-28-14-6-13-27-28;/h4-14,19H,15-17H2,1-3H3,(H2,24,25,26);1H. The first-order chi connectivity index (χ1) is 14.1. The molecule has 30 heavy (non-hydrogen) atoms. The van der Waals surface area contributed by atoms with Crippen LogP contribution in [0.1, 0.15) is 23.6 Å². The lowest BCUT2D eigenvalue weighted by Gasteiger charge is -2.18. The van der Waals surface area contributed by atoms with Crippen molar-refractivity contribution >= 4 is 29.9 Å². The van der Waals surface area contributed by atoms with Crippen LogP contribution in [0.25, 0.3) is 0 Å². The fourth-order valence-electron chi connectivity index (χ4n) is 2.98. The van der Waals surface area contributed by atoms with Gasteiger partial charge in [-0.15, -0.1) is 24.0 Å². The molecule has 1 unspecified atom stereocenters. The molecular weight excluding hydrogens is 489 g/mol. The third kappa shape index (κ3) is 7.37. The Morgan fingerprint density at radius 1 is 1.07 bits per heavy atom. The molecule has 2 N–H and O–H groups in total. The monoisotopic (exact) mass is 519 g/mol. The number of benzene rings is 2. The average molecular weight is 519 g/mol. The van der Waals surface area contributed by atoms with Crippen LogP contribution < -0.4 is 15.4 Å². The topological polar surface area (TPSA) is 63.5 Å². The van der Waals surface area contributed by atoms with Gasteiger partial charge in [0.25, 0.3) is 0 Å². The lowest BCUT2D eigenvalue weighted by atomic mass is 10.1. The Kier molecular flexibility index (Phi) is 9.66. The third-order valence-electron chi connectivity index (χ3n) is 4.60. The van der Waals surface area contributed by atoms with E-state index in [9.17, 15) is 0 Å². The van der Waals surface area contributed by atoms with Gasteiger partial charge in [0, 0.05) is 26.0 Å². The molecule has 0 aliphatic heterocycles. The molecule has 1 heterocycles. The van der Waals surface area contributed by atoms with Crippen molar-refractivity contribution < 1.29 is 4.74 Å². The molecule has 0 aliphatic carbocycles. The van der Waals surface area contributed by atoms with Crippen LogP contribution in [0.4, 0.5) is 0 Å². The van der Waals surface area contributed by atoms with Crippen LogP contribution in [0.3, 0.4) is 0 Å². The van der Waals surface area contributed by atoms with Gasteiger partial charge in [-0.05, 0) is 43.2 Å². The summed E-state index contributed by atoms with van der Waals surface area (Å²) in [5.74, 6) is 1.62. The summed E-state index contributed by atoms with van der Waals surface area (Å²) in [4.78, 5) is 4.32. The van der Waals surface area contributed by atoms with Gasteiger partial charge in [-0.25, -0.2) is 0 Å². The van der Waals surface area contributed by atoms with Gasteiger partial charge in [0.2, 0.25) is 0 Å². The summed E-state index contributed by atoms with van der Waals surface area (Å²) < 4.78 is 7.88. The van der Waals surface area contributed by atoms with E-state index < -0.39 is 0 Å². The van der Waals surface area contributed by atoms with Crippen molar-refractivity contribution in [2.24, 2.45) is 4.99 Å². The van der Waals surface area contributed by atoms with Crippen molar-refractivity contribution in [3.05, 3.63) is 83.7 Å². The molecule has 0 aliphatic rings. The predicted molar refractivity (Wildman–Crippen MR) is 133 cm³/mol. The Morgan fingerprint density at radius 2 is 1.80 bits per heavy atom. The van der Waals surface area contributed by atoms with Gasteiger partial charge in [-0.1, -0.05) is 42.0 Å². The normalized spacial score (nSPS) is 12.0. The van der Waals surface area contributed by atoms with Crippen LogP contribution in [-0.2, 0) is 13.1 Å². The zero-order valence-corrected chi connectivity index (χ0v) is 20.0. The van der Waals surface area contributed by atoms with Gasteiger partial charge in [-0.2, -0.15) is 5.10 Å². The maximum absolute atomic E-state index is 5.95. The highest BCUT2D eigenvalue weighted by atomic mass is 127. The quantitative estimate of drug-likeness (QED) is 0.269. The number of aromatic nitrogens is 2. The fourth-order valence-corrected chi connectivity index (χ4v) is 2.98. The maximum atomic E-state index is 5.95. The van der Waals surface area contributed by atoms with Crippen LogP contribution in [-0.4, -0.2) is 35.4 Å². The minimum atomic E-state index is 0. The molecule has 0 bridgehead atoms. The summed E-state index contributed by atoms with van der Waals surface area (Å²) in [5, 5.41) is 11.0. The molecule has 0 saturated carbocycles. The molecule has 7 heteroatoms. The second kappa shape index (κ2) is 12.2. The SMILES string of the molecule is CN=C(NCc1ccccc1Cn1cccn1)NCC(C)Oc1ccc(C)cc1.I. The van der Waals surface area contributed by atoms with E-state index in [1.165, 1.54) is 16.7 Å². The first-order valence-corrected chi connectivity index (χ1v) is 9.86. The number of halogens is 1. The van der Waals surface area contributed by atoms with Crippen molar-refractivity contribution in [1.29, 1.82) is 0 Å². The molecule has 3 aromatic rings. The van der Waals surface area contributed by atoms with E-state index in [-0.39, 0.29) is 30.1 Å². The van der Waals surface area contributed by atoms with E-state index in [1.807, 2.05) is 36.0 Å². The van der Waals surface area contributed by atoms with Crippen LogP contribution >= 0.6 is 24.0 Å². The maximum Gasteiger partial charge on any atom is 0.191 e. The molecular formula is C23H30IN5O. The predicted octanol–water partition coefficient (Wildman–Crippen LogP) is 3.99. The van der Waals surface area contributed by atoms with Crippen LogP contribution in [0.2, 0.25) is 0 Å². The van der Waals surface area contributed by atoms with E-state index >= 15 is 0 Å². The minimum absolute atomic E-state index is 0. The van der Waals surface area contributed by atoms with Crippen LogP contribution in [0, 0.1) is 6.92 Å². The summed E-state index contributed by atoms with van der Waals surface area (Å²) in [7, 11) is 1.77. The minimum Gasteiger partial charge on any atom is -0.489 e. The first kappa shape index (κ1) is 23.7. The Hall–Kier alpha value is -2.55. The number of aliphatic imine (C=N–C) groups is 1. The van der Waals surface area contributed by atoms with Crippen LogP contribution in [0.5, 0.6) is 5.75 Å². The molecule has 0 spiro atoms. The number of nitrogens with one attached hydrogen (secondary N) is 2. The lowest BCUT2D eigenvalue weighted by molar-refractivity contribution is 0.224. The Balaban J connectivity index is 0.00000320. The summed E-state index contributed by atoms with van der Waals surface area (Å²) in [6.45, 7) is 6.20. The second-order valence-electron chi connectivity index (χ2n) is 7.02. The summed E-state index contributed by atoms with van der Waals surface area (Å²) >= 11 is 0. The average Bonchev–Trinajstić information content (AvgIpc) is 3.24. The largest absolute Gasteiger partial charge is 0.489 e. The summed E-state index contributed by atoms with van der Waals surface area (Å²) in [6.07, 6.45) is 3.79. The van der Waals surface area contributed by atoms with E-state index in [0.29, 0.717) is 13.1 Å². The molecule has 0 saturated heterocycles. The molecule has 0 amide bonds. The fraction of sp³-hybridized carbons (Fsp3) is 0.304. The molecule has 160 valence electrons. The third-order valence-corrected chi connectivity index (χ3v) is 4.60. The number of ether oxygens (including phenoxy) is 1. The van der Waals surface area contributed by atoms with E-state index in [2.05, 4.69) is 64.0 Å². The van der Waals surface area contributed by atoms with Crippen molar-refractivity contribution in [2.45, 2.75) is 33.0 Å². The highest BCUT2D eigenvalue weighted by molar-refractivity contribution is 14.0. The van der Waals surface area contributed by atoms with Gasteiger partial charge in [0.1, 0.15) is 11.9 Å².